The summed E-state index contributed by atoms with van der Waals surface area (Å²) in [5.41, 5.74) is 7.13. The number of nitrogens with zero attached hydrogens (tertiary/aromatic N) is 2. The predicted octanol–water partition coefficient (Wildman–Crippen LogP) is 0.728. The summed E-state index contributed by atoms with van der Waals surface area (Å²) in [4.78, 5) is 0. The molecule has 5 nitrogen and oxygen atoms in total. The van der Waals surface area contributed by atoms with Crippen molar-refractivity contribution in [3.63, 3.8) is 0 Å². The molecule has 0 bridgehead atoms. The minimum absolute atomic E-state index is 0.115. The number of sulfone groups is 1. The molecule has 2 rings (SSSR count). The summed E-state index contributed by atoms with van der Waals surface area (Å²) in [6, 6.07) is 1.80. The Morgan fingerprint density at radius 3 is 3.00 bits per heavy atom. The molecule has 6 heteroatoms. The molecule has 1 saturated heterocycles. The molecule has 0 aliphatic carbocycles. The van der Waals surface area contributed by atoms with Crippen LogP contribution in [0.2, 0.25) is 0 Å². The van der Waals surface area contributed by atoms with Gasteiger partial charge in [0, 0.05) is 18.8 Å². The highest BCUT2D eigenvalue weighted by molar-refractivity contribution is 7.91. The molecule has 1 aliphatic heterocycles. The molecule has 96 valence electrons. The summed E-state index contributed by atoms with van der Waals surface area (Å²) in [6.45, 7) is 2.81. The second kappa shape index (κ2) is 4.78. The Hall–Kier alpha value is -0.880. The number of aryl methyl sites for hydroxylation is 1. The van der Waals surface area contributed by atoms with Crippen LogP contribution in [0.5, 0.6) is 0 Å². The lowest BCUT2D eigenvalue weighted by atomic mass is 9.98. The zero-order chi connectivity index (χ0) is 12.5. The highest BCUT2D eigenvalue weighted by Crippen LogP contribution is 2.27. The van der Waals surface area contributed by atoms with Crippen molar-refractivity contribution in [2.45, 2.75) is 32.4 Å². The monoisotopic (exact) mass is 257 g/mol. The van der Waals surface area contributed by atoms with Crippen molar-refractivity contribution >= 4 is 9.84 Å². The van der Waals surface area contributed by atoms with Gasteiger partial charge in [-0.2, -0.15) is 5.10 Å². The van der Waals surface area contributed by atoms with Gasteiger partial charge < -0.3 is 5.73 Å². The van der Waals surface area contributed by atoms with Crippen molar-refractivity contribution < 1.29 is 8.42 Å². The third kappa shape index (κ3) is 2.87. The summed E-state index contributed by atoms with van der Waals surface area (Å²) < 4.78 is 24.6. The summed E-state index contributed by atoms with van der Waals surface area (Å²) in [5.74, 6) is 0.813. The summed E-state index contributed by atoms with van der Waals surface area (Å²) >= 11 is 0. The van der Waals surface area contributed by atoms with Gasteiger partial charge in [0.15, 0.2) is 9.84 Å². The Morgan fingerprint density at radius 2 is 2.41 bits per heavy atom. The first-order valence-electron chi connectivity index (χ1n) is 5.99. The fourth-order valence-corrected chi connectivity index (χ4v) is 4.34. The molecule has 0 saturated carbocycles. The van der Waals surface area contributed by atoms with Crippen LogP contribution in [0, 0.1) is 5.92 Å². The van der Waals surface area contributed by atoms with Crippen molar-refractivity contribution in [3.8, 4) is 0 Å². The Bertz CT molecular complexity index is 481. The Labute approximate surface area is 102 Å². The van der Waals surface area contributed by atoms with E-state index in [1.165, 1.54) is 0 Å². The van der Waals surface area contributed by atoms with Crippen molar-refractivity contribution in [2.24, 2.45) is 11.7 Å². The van der Waals surface area contributed by atoms with Gasteiger partial charge in [0.05, 0.1) is 17.2 Å². The molecular formula is C11H19N3O2S. The smallest absolute Gasteiger partial charge is 0.150 e. The number of rotatable bonds is 4. The number of hydrogen-bond acceptors (Lipinski definition) is 4. The van der Waals surface area contributed by atoms with E-state index in [2.05, 4.69) is 5.10 Å². The van der Waals surface area contributed by atoms with E-state index in [0.29, 0.717) is 11.5 Å². The normalized spacial score (nSPS) is 24.9. The topological polar surface area (TPSA) is 78.0 Å². The molecule has 1 aromatic rings. The van der Waals surface area contributed by atoms with Crippen molar-refractivity contribution in [2.75, 3.05) is 11.5 Å². The zero-order valence-electron chi connectivity index (χ0n) is 10.0. The van der Waals surface area contributed by atoms with E-state index in [9.17, 15) is 8.42 Å². The van der Waals surface area contributed by atoms with Gasteiger partial charge in [0.1, 0.15) is 0 Å². The lowest BCUT2D eigenvalue weighted by Gasteiger charge is -2.16. The standard InChI is InChI=1S/C11H19N3O2S/c1-2-14-11(3-5-13-14)10(12)7-9-4-6-17(15,16)8-9/h3,5,9-10H,2,4,6-8,12H2,1H3. The summed E-state index contributed by atoms with van der Waals surface area (Å²) in [7, 11) is -2.80. The summed E-state index contributed by atoms with van der Waals surface area (Å²) in [6.07, 6.45) is 3.21. The first kappa shape index (κ1) is 12.6. The molecule has 0 spiro atoms. The van der Waals surface area contributed by atoms with E-state index >= 15 is 0 Å². The van der Waals surface area contributed by atoms with Crippen LogP contribution in [0.15, 0.2) is 12.3 Å². The van der Waals surface area contributed by atoms with Crippen LogP contribution >= 0.6 is 0 Å². The predicted molar refractivity (Wildman–Crippen MR) is 66.2 cm³/mol. The van der Waals surface area contributed by atoms with Gasteiger partial charge in [-0.15, -0.1) is 0 Å². The first-order chi connectivity index (χ1) is 8.02. The van der Waals surface area contributed by atoms with Crippen LogP contribution in [0.4, 0.5) is 0 Å². The van der Waals surface area contributed by atoms with E-state index in [0.717, 1.165) is 25.1 Å². The second-order valence-corrected chi connectivity index (χ2v) is 6.91. The van der Waals surface area contributed by atoms with Crippen LogP contribution in [0.3, 0.4) is 0 Å². The zero-order valence-corrected chi connectivity index (χ0v) is 10.9. The van der Waals surface area contributed by atoms with E-state index in [1.807, 2.05) is 17.7 Å². The van der Waals surface area contributed by atoms with Crippen LogP contribution in [-0.2, 0) is 16.4 Å². The average molecular weight is 257 g/mol. The molecule has 2 heterocycles. The number of hydrogen-bond donors (Lipinski definition) is 1. The van der Waals surface area contributed by atoms with Gasteiger partial charge in [-0.1, -0.05) is 0 Å². The third-order valence-electron chi connectivity index (χ3n) is 3.34. The average Bonchev–Trinajstić information content (AvgIpc) is 2.84. The molecule has 17 heavy (non-hydrogen) atoms. The maximum absolute atomic E-state index is 11.4. The van der Waals surface area contributed by atoms with Gasteiger partial charge in [0.2, 0.25) is 0 Å². The fourth-order valence-electron chi connectivity index (χ4n) is 2.46. The quantitative estimate of drug-likeness (QED) is 0.862. The van der Waals surface area contributed by atoms with Crippen molar-refractivity contribution in [1.29, 1.82) is 0 Å². The molecule has 1 fully saturated rings. The Balaban J connectivity index is 2.00. The molecule has 2 N–H and O–H groups in total. The molecular weight excluding hydrogens is 238 g/mol. The van der Waals surface area contributed by atoms with Crippen LogP contribution in [0.25, 0.3) is 0 Å². The van der Waals surface area contributed by atoms with E-state index in [1.54, 1.807) is 6.20 Å². The lowest BCUT2D eigenvalue weighted by molar-refractivity contribution is 0.455. The lowest BCUT2D eigenvalue weighted by Crippen LogP contribution is -2.20. The third-order valence-corrected chi connectivity index (χ3v) is 5.18. The van der Waals surface area contributed by atoms with Gasteiger partial charge in [-0.25, -0.2) is 8.42 Å². The maximum atomic E-state index is 11.4. The maximum Gasteiger partial charge on any atom is 0.150 e. The SMILES string of the molecule is CCn1nccc1C(N)CC1CCS(=O)(=O)C1. The molecule has 0 aromatic carbocycles. The largest absolute Gasteiger partial charge is 0.323 e. The van der Waals surface area contributed by atoms with E-state index < -0.39 is 9.84 Å². The molecule has 0 amide bonds. The van der Waals surface area contributed by atoms with Crippen molar-refractivity contribution in [1.82, 2.24) is 9.78 Å². The molecule has 1 aromatic heterocycles. The van der Waals surface area contributed by atoms with Gasteiger partial charge in [-0.05, 0) is 31.7 Å². The fraction of sp³-hybridized carbons (Fsp3) is 0.727. The number of aromatic nitrogens is 2. The summed E-state index contributed by atoms with van der Waals surface area (Å²) in [5, 5.41) is 4.18. The molecule has 1 aliphatic rings. The second-order valence-electron chi connectivity index (χ2n) is 4.68. The van der Waals surface area contributed by atoms with Gasteiger partial charge >= 0.3 is 0 Å². The minimum Gasteiger partial charge on any atom is -0.323 e. The van der Waals surface area contributed by atoms with E-state index in [4.69, 9.17) is 5.73 Å². The Kier molecular flexibility index (Phi) is 3.53. The molecule has 0 radical (unpaired) electrons. The van der Waals surface area contributed by atoms with Gasteiger partial charge in [-0.3, -0.25) is 4.68 Å². The Morgan fingerprint density at radius 1 is 1.65 bits per heavy atom. The first-order valence-corrected chi connectivity index (χ1v) is 7.81. The van der Waals surface area contributed by atoms with Crippen LogP contribution in [-0.4, -0.2) is 29.7 Å². The molecule has 2 unspecified atom stereocenters. The molecule has 2 atom stereocenters. The van der Waals surface area contributed by atoms with Crippen LogP contribution in [0.1, 0.15) is 31.5 Å². The number of nitrogens with two attached hydrogens (primary N) is 1. The minimum atomic E-state index is -2.80. The van der Waals surface area contributed by atoms with E-state index in [-0.39, 0.29) is 12.0 Å². The van der Waals surface area contributed by atoms with Gasteiger partial charge in [0.25, 0.3) is 0 Å². The highest BCUT2D eigenvalue weighted by Gasteiger charge is 2.29. The van der Waals surface area contributed by atoms with Crippen molar-refractivity contribution in [3.05, 3.63) is 18.0 Å². The van der Waals surface area contributed by atoms with Crippen LogP contribution < -0.4 is 5.73 Å². The highest BCUT2D eigenvalue weighted by atomic mass is 32.2.